The summed E-state index contributed by atoms with van der Waals surface area (Å²) in [5.41, 5.74) is 5.30. The van der Waals surface area contributed by atoms with E-state index in [4.69, 9.17) is 5.73 Å². The first-order valence-corrected chi connectivity index (χ1v) is 7.38. The van der Waals surface area contributed by atoms with Crippen LogP contribution in [-0.4, -0.2) is 53.0 Å². The quantitative estimate of drug-likeness (QED) is 0.593. The Morgan fingerprint density at radius 3 is 3.10 bits per heavy atom. The Bertz CT molecular complexity index is 470. The lowest BCUT2D eigenvalue weighted by atomic mass is 9.95. The van der Waals surface area contributed by atoms with Crippen LogP contribution in [0.15, 0.2) is 23.7 Å². The van der Waals surface area contributed by atoms with Crippen LogP contribution in [0.4, 0.5) is 0 Å². The standard InChI is InChI=1S/C14H24N6O/c1-16-14(18-5-8-19-7-4-17-11-19)20-6-2-3-12(10-20)9-13(15)21/h4,7,11-12H,2-3,5-6,8-10H2,1H3,(H2,15,21)(H,16,18). The smallest absolute Gasteiger partial charge is 0.217 e. The number of aliphatic imine (C=N–C) groups is 1. The van der Waals surface area contributed by atoms with Crippen molar-refractivity contribution in [1.29, 1.82) is 0 Å². The number of rotatable bonds is 5. The van der Waals surface area contributed by atoms with Crippen molar-refractivity contribution in [3.05, 3.63) is 18.7 Å². The van der Waals surface area contributed by atoms with Crippen molar-refractivity contribution in [3.8, 4) is 0 Å². The number of primary amides is 1. The average Bonchev–Trinajstić information content (AvgIpc) is 2.96. The van der Waals surface area contributed by atoms with Crippen molar-refractivity contribution in [2.24, 2.45) is 16.6 Å². The summed E-state index contributed by atoms with van der Waals surface area (Å²) in [6.45, 7) is 3.45. The summed E-state index contributed by atoms with van der Waals surface area (Å²) in [6, 6.07) is 0. The van der Waals surface area contributed by atoms with Crippen molar-refractivity contribution in [3.63, 3.8) is 0 Å². The first kappa shape index (κ1) is 15.3. The zero-order valence-corrected chi connectivity index (χ0v) is 12.5. The second kappa shape index (κ2) is 7.66. The molecular weight excluding hydrogens is 268 g/mol. The van der Waals surface area contributed by atoms with Crippen molar-refractivity contribution < 1.29 is 4.79 Å². The zero-order valence-electron chi connectivity index (χ0n) is 12.5. The Morgan fingerprint density at radius 2 is 2.43 bits per heavy atom. The molecule has 21 heavy (non-hydrogen) atoms. The maximum Gasteiger partial charge on any atom is 0.217 e. The number of carbonyl (C=O) groups excluding carboxylic acids is 1. The Morgan fingerprint density at radius 1 is 1.57 bits per heavy atom. The largest absolute Gasteiger partial charge is 0.370 e. The van der Waals surface area contributed by atoms with Crippen LogP contribution in [0, 0.1) is 5.92 Å². The average molecular weight is 292 g/mol. The van der Waals surface area contributed by atoms with Gasteiger partial charge in [-0.3, -0.25) is 9.79 Å². The minimum Gasteiger partial charge on any atom is -0.370 e. The molecule has 2 rings (SSSR count). The molecule has 0 radical (unpaired) electrons. The topological polar surface area (TPSA) is 88.5 Å². The molecule has 1 saturated heterocycles. The van der Waals surface area contributed by atoms with Crippen LogP contribution in [0.25, 0.3) is 0 Å². The van der Waals surface area contributed by atoms with Crippen LogP contribution in [-0.2, 0) is 11.3 Å². The van der Waals surface area contributed by atoms with Gasteiger partial charge in [-0.2, -0.15) is 0 Å². The molecular formula is C14H24N6O. The maximum absolute atomic E-state index is 11.1. The molecule has 0 aliphatic carbocycles. The van der Waals surface area contributed by atoms with Gasteiger partial charge < -0.3 is 20.5 Å². The molecule has 1 amide bonds. The van der Waals surface area contributed by atoms with E-state index in [1.807, 2.05) is 10.8 Å². The fourth-order valence-corrected chi connectivity index (χ4v) is 2.76. The molecule has 116 valence electrons. The third kappa shape index (κ3) is 4.77. The Hall–Kier alpha value is -2.05. The second-order valence-corrected chi connectivity index (χ2v) is 5.40. The maximum atomic E-state index is 11.1. The van der Waals surface area contributed by atoms with Crippen LogP contribution in [0.1, 0.15) is 19.3 Å². The summed E-state index contributed by atoms with van der Waals surface area (Å²) < 4.78 is 2.02. The van der Waals surface area contributed by atoms with Crippen LogP contribution in [0.3, 0.4) is 0 Å². The number of piperidine rings is 1. The van der Waals surface area contributed by atoms with E-state index >= 15 is 0 Å². The molecule has 1 atom stereocenters. The molecule has 7 nitrogen and oxygen atoms in total. The number of nitrogens with one attached hydrogen (secondary N) is 1. The van der Waals surface area contributed by atoms with E-state index in [0.29, 0.717) is 12.3 Å². The van der Waals surface area contributed by atoms with Crippen LogP contribution in [0.5, 0.6) is 0 Å². The summed E-state index contributed by atoms with van der Waals surface area (Å²) in [5.74, 6) is 1.01. The number of likely N-dealkylation sites (tertiary alicyclic amines) is 1. The van der Waals surface area contributed by atoms with E-state index in [1.165, 1.54) is 0 Å². The number of nitrogens with two attached hydrogens (primary N) is 1. The van der Waals surface area contributed by atoms with Crippen molar-refractivity contribution in [2.75, 3.05) is 26.7 Å². The number of carbonyl (C=O) groups is 1. The first-order valence-electron chi connectivity index (χ1n) is 7.38. The molecule has 1 aliphatic rings. The fourth-order valence-electron chi connectivity index (χ4n) is 2.76. The lowest BCUT2D eigenvalue weighted by Gasteiger charge is -2.34. The summed E-state index contributed by atoms with van der Waals surface area (Å²) >= 11 is 0. The fraction of sp³-hybridized carbons (Fsp3) is 0.643. The van der Waals surface area contributed by atoms with Gasteiger partial charge in [0.05, 0.1) is 6.33 Å². The van der Waals surface area contributed by atoms with Gasteiger partial charge in [-0.15, -0.1) is 0 Å². The number of amides is 1. The number of hydrogen-bond donors (Lipinski definition) is 2. The van der Waals surface area contributed by atoms with E-state index in [1.54, 1.807) is 19.6 Å². The van der Waals surface area contributed by atoms with Gasteiger partial charge in [-0.1, -0.05) is 0 Å². The molecule has 1 unspecified atom stereocenters. The van der Waals surface area contributed by atoms with Gasteiger partial charge in [0.25, 0.3) is 0 Å². The van der Waals surface area contributed by atoms with Crippen LogP contribution in [0.2, 0.25) is 0 Å². The van der Waals surface area contributed by atoms with Crippen molar-refractivity contribution >= 4 is 11.9 Å². The lowest BCUT2D eigenvalue weighted by Crippen LogP contribution is -2.47. The van der Waals surface area contributed by atoms with E-state index < -0.39 is 0 Å². The molecule has 1 fully saturated rings. The monoisotopic (exact) mass is 292 g/mol. The van der Waals surface area contributed by atoms with Gasteiger partial charge in [-0.05, 0) is 18.8 Å². The van der Waals surface area contributed by atoms with E-state index in [0.717, 1.165) is 45.0 Å². The zero-order chi connectivity index (χ0) is 15.1. The molecule has 1 aromatic rings. The molecule has 0 saturated carbocycles. The number of hydrogen-bond acceptors (Lipinski definition) is 3. The summed E-state index contributed by atoms with van der Waals surface area (Å²) in [4.78, 5) is 21.6. The van der Waals surface area contributed by atoms with Crippen LogP contribution >= 0.6 is 0 Å². The Labute approximate surface area is 125 Å². The molecule has 1 aromatic heterocycles. The first-order chi connectivity index (χ1) is 10.2. The highest BCUT2D eigenvalue weighted by Crippen LogP contribution is 2.19. The number of guanidine groups is 1. The Kier molecular flexibility index (Phi) is 5.59. The normalized spacial score (nSPS) is 19.6. The van der Waals surface area contributed by atoms with E-state index in [2.05, 4.69) is 20.2 Å². The molecule has 7 heteroatoms. The summed E-state index contributed by atoms with van der Waals surface area (Å²) in [7, 11) is 1.79. The van der Waals surface area contributed by atoms with Crippen molar-refractivity contribution in [2.45, 2.75) is 25.8 Å². The Balaban J connectivity index is 1.81. The van der Waals surface area contributed by atoms with Crippen LogP contribution < -0.4 is 11.1 Å². The van der Waals surface area contributed by atoms with Gasteiger partial charge in [0, 0.05) is 52.0 Å². The molecule has 0 aromatic carbocycles. The third-order valence-corrected chi connectivity index (χ3v) is 3.73. The van der Waals surface area contributed by atoms with E-state index in [9.17, 15) is 4.79 Å². The molecule has 2 heterocycles. The van der Waals surface area contributed by atoms with Crippen molar-refractivity contribution in [1.82, 2.24) is 19.8 Å². The minimum absolute atomic E-state index is 0.218. The second-order valence-electron chi connectivity index (χ2n) is 5.40. The van der Waals surface area contributed by atoms with Gasteiger partial charge in [-0.25, -0.2) is 4.98 Å². The van der Waals surface area contributed by atoms with Gasteiger partial charge in [0.15, 0.2) is 5.96 Å². The number of imidazole rings is 1. The lowest BCUT2D eigenvalue weighted by molar-refractivity contribution is -0.119. The molecule has 3 N–H and O–H groups in total. The van der Waals surface area contributed by atoms with Gasteiger partial charge in [0.1, 0.15) is 0 Å². The summed E-state index contributed by atoms with van der Waals surface area (Å²) in [6.07, 6.45) is 8.10. The number of nitrogens with zero attached hydrogens (tertiary/aromatic N) is 4. The van der Waals surface area contributed by atoms with E-state index in [-0.39, 0.29) is 5.91 Å². The predicted octanol–water partition coefficient (Wildman–Crippen LogP) is 0.0459. The van der Waals surface area contributed by atoms with Gasteiger partial charge >= 0.3 is 0 Å². The molecule has 0 spiro atoms. The SMILES string of the molecule is CN=C(NCCn1ccnc1)N1CCCC(CC(N)=O)C1. The highest BCUT2D eigenvalue weighted by atomic mass is 16.1. The highest BCUT2D eigenvalue weighted by molar-refractivity contribution is 5.80. The third-order valence-electron chi connectivity index (χ3n) is 3.73. The number of aromatic nitrogens is 2. The molecule has 1 aliphatic heterocycles. The molecule has 0 bridgehead atoms. The highest BCUT2D eigenvalue weighted by Gasteiger charge is 2.23. The predicted molar refractivity (Wildman–Crippen MR) is 81.7 cm³/mol. The summed E-state index contributed by atoms with van der Waals surface area (Å²) in [5, 5.41) is 3.36. The minimum atomic E-state index is -0.218. The van der Waals surface area contributed by atoms with Gasteiger partial charge in [0.2, 0.25) is 5.91 Å².